The predicted octanol–water partition coefficient (Wildman–Crippen LogP) is -1.21. The first kappa shape index (κ1) is 18.8. The maximum absolute atomic E-state index is 11.8. The van der Waals surface area contributed by atoms with Gasteiger partial charge in [0, 0.05) is 0 Å². The second kappa shape index (κ2) is 7.58. The van der Waals surface area contributed by atoms with Gasteiger partial charge in [0.1, 0.15) is 5.60 Å². The number of carbonyl (C=O) groups is 4. The Kier molecular flexibility index (Phi) is 6.80. The van der Waals surface area contributed by atoms with Crippen LogP contribution in [-0.2, 0) is 28.7 Å². The van der Waals surface area contributed by atoms with Crippen LogP contribution in [0.4, 0.5) is 0 Å². The van der Waals surface area contributed by atoms with Crippen LogP contribution in [0.1, 0.15) is 27.2 Å². The summed E-state index contributed by atoms with van der Waals surface area (Å²) >= 11 is 0. The Bertz CT molecular complexity index is 428. The number of hydrogen-bond acceptors (Lipinski definition) is 7. The lowest BCUT2D eigenvalue weighted by molar-refractivity contribution is -0.165. The second-order valence-corrected chi connectivity index (χ2v) is 5.20. The summed E-state index contributed by atoms with van der Waals surface area (Å²) in [7, 11) is 1.03. The molecule has 0 aliphatic heterocycles. The number of carboxylic acid groups (broad SMARTS) is 1. The number of hydrogen-bond donors (Lipinski definition) is 3. The largest absolute Gasteiger partial charge is 0.481 e. The van der Waals surface area contributed by atoms with Crippen molar-refractivity contribution in [2.45, 2.75) is 44.9 Å². The molecule has 0 aliphatic rings. The smallest absolute Gasteiger partial charge is 0.340 e. The van der Waals surface area contributed by atoms with Crippen molar-refractivity contribution in [3.05, 3.63) is 0 Å². The molecule has 0 aliphatic carbocycles. The molecule has 0 rings (SSSR count). The van der Waals surface area contributed by atoms with E-state index in [-0.39, 0.29) is 0 Å². The summed E-state index contributed by atoms with van der Waals surface area (Å²) in [6.07, 6.45) is -0.645. The van der Waals surface area contributed by atoms with Gasteiger partial charge in [0.25, 0.3) is 0 Å². The Labute approximate surface area is 121 Å². The molecular weight excluding hydrogens is 284 g/mol. The van der Waals surface area contributed by atoms with Gasteiger partial charge in [-0.1, -0.05) is 0 Å². The van der Waals surface area contributed by atoms with E-state index < -0.39 is 47.9 Å². The Hall–Kier alpha value is -2.16. The standard InChI is InChI=1S/C12H20N2O7/c1-12(2,3)21-11(19)8(10(18)20-4)14-9(17)6(13)5-7(15)16/h6,8H,5,13H2,1-4H3,(H,14,17)(H,15,16)/t6-,8+/m1/s1. The molecule has 9 nitrogen and oxygen atoms in total. The summed E-state index contributed by atoms with van der Waals surface area (Å²) in [5.74, 6) is -4.33. The van der Waals surface area contributed by atoms with Crippen LogP contribution in [0.5, 0.6) is 0 Å². The molecule has 0 heterocycles. The lowest BCUT2D eigenvalue weighted by Gasteiger charge is -2.23. The summed E-state index contributed by atoms with van der Waals surface area (Å²) in [6, 6.07) is -3.11. The van der Waals surface area contributed by atoms with Gasteiger partial charge in [0.15, 0.2) is 0 Å². The Balaban J connectivity index is 4.94. The molecule has 0 fully saturated rings. The van der Waals surface area contributed by atoms with Crippen molar-refractivity contribution < 1.29 is 33.8 Å². The molecule has 21 heavy (non-hydrogen) atoms. The first-order chi connectivity index (χ1) is 9.47. The van der Waals surface area contributed by atoms with E-state index in [1.165, 1.54) is 0 Å². The molecule has 0 aromatic heterocycles. The van der Waals surface area contributed by atoms with E-state index >= 15 is 0 Å². The van der Waals surface area contributed by atoms with Crippen molar-refractivity contribution in [3.63, 3.8) is 0 Å². The summed E-state index contributed by atoms with van der Waals surface area (Å²) < 4.78 is 9.37. The van der Waals surface area contributed by atoms with Gasteiger partial charge in [-0.25, -0.2) is 9.59 Å². The van der Waals surface area contributed by atoms with Crippen LogP contribution in [0.15, 0.2) is 0 Å². The van der Waals surface area contributed by atoms with E-state index in [0.717, 1.165) is 7.11 Å². The van der Waals surface area contributed by atoms with Crippen molar-refractivity contribution in [1.29, 1.82) is 0 Å². The number of aliphatic carboxylic acids is 1. The van der Waals surface area contributed by atoms with Crippen molar-refractivity contribution in [1.82, 2.24) is 5.32 Å². The highest BCUT2D eigenvalue weighted by molar-refractivity contribution is 6.03. The molecule has 2 atom stereocenters. The Morgan fingerprint density at radius 2 is 1.71 bits per heavy atom. The minimum Gasteiger partial charge on any atom is -0.481 e. The number of nitrogens with two attached hydrogens (primary N) is 1. The monoisotopic (exact) mass is 304 g/mol. The number of nitrogens with one attached hydrogen (secondary N) is 1. The van der Waals surface area contributed by atoms with E-state index in [4.69, 9.17) is 15.6 Å². The van der Waals surface area contributed by atoms with Crippen LogP contribution in [-0.4, -0.2) is 53.7 Å². The first-order valence-electron chi connectivity index (χ1n) is 6.06. The molecule has 4 N–H and O–H groups in total. The minimum absolute atomic E-state index is 0.645. The SMILES string of the molecule is COC(=O)[C@H](NC(=O)[C@H](N)CC(=O)O)C(=O)OC(C)(C)C. The quantitative estimate of drug-likeness (QED) is 0.409. The summed E-state index contributed by atoms with van der Waals surface area (Å²) in [6.45, 7) is 4.74. The maximum atomic E-state index is 11.8. The van der Waals surface area contributed by atoms with Crippen LogP contribution in [0.25, 0.3) is 0 Å². The second-order valence-electron chi connectivity index (χ2n) is 5.20. The Morgan fingerprint density at radius 1 is 1.19 bits per heavy atom. The molecule has 9 heteroatoms. The highest BCUT2D eigenvalue weighted by Crippen LogP contribution is 2.09. The van der Waals surface area contributed by atoms with Gasteiger partial charge in [-0.3, -0.25) is 9.59 Å². The first-order valence-corrected chi connectivity index (χ1v) is 6.06. The lowest BCUT2D eigenvalue weighted by Crippen LogP contribution is -2.54. The molecule has 0 bridgehead atoms. The number of amides is 1. The average Bonchev–Trinajstić information content (AvgIpc) is 2.31. The lowest BCUT2D eigenvalue weighted by atomic mass is 10.1. The van der Waals surface area contributed by atoms with Crippen LogP contribution < -0.4 is 11.1 Å². The molecule has 0 aromatic carbocycles. The van der Waals surface area contributed by atoms with Gasteiger partial charge in [-0.05, 0) is 20.8 Å². The minimum atomic E-state index is -1.71. The van der Waals surface area contributed by atoms with Gasteiger partial charge >= 0.3 is 17.9 Å². The van der Waals surface area contributed by atoms with Crippen molar-refractivity contribution >= 4 is 23.8 Å². The van der Waals surface area contributed by atoms with Gasteiger partial charge in [-0.2, -0.15) is 0 Å². The Morgan fingerprint density at radius 3 is 2.10 bits per heavy atom. The van der Waals surface area contributed by atoms with E-state index in [2.05, 4.69) is 4.74 Å². The fourth-order valence-electron chi connectivity index (χ4n) is 1.22. The molecule has 1 amide bonds. The summed E-state index contributed by atoms with van der Waals surface area (Å²) in [5, 5.41) is 10.6. The van der Waals surface area contributed by atoms with Crippen LogP contribution in [0.3, 0.4) is 0 Å². The zero-order chi connectivity index (χ0) is 16.8. The zero-order valence-electron chi connectivity index (χ0n) is 12.3. The highest BCUT2D eigenvalue weighted by Gasteiger charge is 2.35. The van der Waals surface area contributed by atoms with E-state index in [1.807, 2.05) is 5.32 Å². The molecule has 0 saturated carbocycles. The summed E-state index contributed by atoms with van der Waals surface area (Å²) in [5.41, 5.74) is 4.46. The molecule has 0 saturated heterocycles. The van der Waals surface area contributed by atoms with Crippen molar-refractivity contribution in [3.8, 4) is 0 Å². The van der Waals surface area contributed by atoms with E-state index in [1.54, 1.807) is 20.8 Å². The third-order valence-corrected chi connectivity index (χ3v) is 2.10. The van der Waals surface area contributed by atoms with E-state index in [9.17, 15) is 19.2 Å². The summed E-state index contributed by atoms with van der Waals surface area (Å²) in [4.78, 5) is 45.5. The third kappa shape index (κ3) is 7.25. The number of rotatable bonds is 6. The number of methoxy groups -OCH3 is 1. The molecule has 0 spiro atoms. The normalized spacial score (nSPS) is 13.8. The van der Waals surface area contributed by atoms with Gasteiger partial charge in [-0.15, -0.1) is 0 Å². The fraction of sp³-hybridized carbons (Fsp3) is 0.667. The molecule has 0 radical (unpaired) electrons. The topological polar surface area (TPSA) is 145 Å². The number of ether oxygens (including phenoxy) is 2. The van der Waals surface area contributed by atoms with Crippen LogP contribution >= 0.6 is 0 Å². The van der Waals surface area contributed by atoms with Gasteiger partial charge in [0.05, 0.1) is 19.6 Å². The number of carboxylic acids is 1. The molecule has 120 valence electrons. The van der Waals surface area contributed by atoms with E-state index in [0.29, 0.717) is 0 Å². The molecular formula is C12H20N2O7. The molecule has 0 aromatic rings. The van der Waals surface area contributed by atoms with Crippen LogP contribution in [0, 0.1) is 0 Å². The van der Waals surface area contributed by atoms with Gasteiger partial charge < -0.3 is 25.6 Å². The zero-order valence-corrected chi connectivity index (χ0v) is 12.3. The third-order valence-electron chi connectivity index (χ3n) is 2.10. The number of esters is 2. The van der Waals surface area contributed by atoms with Gasteiger partial charge in [0.2, 0.25) is 11.9 Å². The highest BCUT2D eigenvalue weighted by atomic mass is 16.6. The fourth-order valence-corrected chi connectivity index (χ4v) is 1.22. The van der Waals surface area contributed by atoms with Crippen LogP contribution in [0.2, 0.25) is 0 Å². The average molecular weight is 304 g/mol. The van der Waals surface area contributed by atoms with Crippen molar-refractivity contribution in [2.24, 2.45) is 5.73 Å². The molecule has 0 unspecified atom stereocenters. The number of carbonyl (C=O) groups excluding carboxylic acids is 3. The maximum Gasteiger partial charge on any atom is 0.340 e. The predicted molar refractivity (Wildman–Crippen MR) is 70.0 cm³/mol. The van der Waals surface area contributed by atoms with Crippen molar-refractivity contribution in [2.75, 3.05) is 7.11 Å².